The second-order valence-corrected chi connectivity index (χ2v) is 6.29. The van der Waals surface area contributed by atoms with Crippen LogP contribution >= 0.6 is 11.6 Å². The molecule has 1 aromatic carbocycles. The van der Waals surface area contributed by atoms with E-state index >= 15 is 0 Å². The highest BCUT2D eigenvalue weighted by atomic mass is 35.5. The molecule has 22 heavy (non-hydrogen) atoms. The van der Waals surface area contributed by atoms with Gasteiger partial charge < -0.3 is 14.2 Å². The SMILES string of the molecule is Clc1cc(-c2nc([C@H]3CCOC3)no2)ccc1N1CCCC1. The van der Waals surface area contributed by atoms with Crippen LogP contribution in [-0.4, -0.2) is 36.4 Å². The molecule has 0 N–H and O–H groups in total. The molecule has 5 nitrogen and oxygen atoms in total. The second kappa shape index (κ2) is 5.89. The monoisotopic (exact) mass is 319 g/mol. The van der Waals surface area contributed by atoms with Crippen LogP contribution in [0.5, 0.6) is 0 Å². The van der Waals surface area contributed by atoms with Gasteiger partial charge in [-0.05, 0) is 37.5 Å². The molecule has 0 saturated carbocycles. The summed E-state index contributed by atoms with van der Waals surface area (Å²) in [5.41, 5.74) is 1.96. The molecule has 0 radical (unpaired) electrons. The van der Waals surface area contributed by atoms with Gasteiger partial charge in [0.25, 0.3) is 5.89 Å². The van der Waals surface area contributed by atoms with Crippen molar-refractivity contribution < 1.29 is 9.26 Å². The van der Waals surface area contributed by atoms with Gasteiger partial charge in [0.05, 0.1) is 17.3 Å². The van der Waals surface area contributed by atoms with Crippen molar-refractivity contribution in [2.24, 2.45) is 0 Å². The van der Waals surface area contributed by atoms with Crippen LogP contribution in [-0.2, 0) is 4.74 Å². The van der Waals surface area contributed by atoms with Gasteiger partial charge in [-0.3, -0.25) is 0 Å². The van der Waals surface area contributed by atoms with Crippen LogP contribution < -0.4 is 4.90 Å². The molecule has 0 bridgehead atoms. The molecule has 0 unspecified atom stereocenters. The number of hydrogen-bond donors (Lipinski definition) is 0. The van der Waals surface area contributed by atoms with Gasteiger partial charge >= 0.3 is 0 Å². The van der Waals surface area contributed by atoms with Crippen LogP contribution in [0, 0.1) is 0 Å². The Morgan fingerprint density at radius 1 is 1.23 bits per heavy atom. The Balaban J connectivity index is 1.58. The molecule has 0 aliphatic carbocycles. The predicted molar refractivity (Wildman–Crippen MR) is 84.4 cm³/mol. The molecule has 2 fully saturated rings. The maximum Gasteiger partial charge on any atom is 0.257 e. The minimum Gasteiger partial charge on any atom is -0.381 e. The summed E-state index contributed by atoms with van der Waals surface area (Å²) in [4.78, 5) is 6.82. The molecule has 6 heteroatoms. The molecule has 3 heterocycles. The van der Waals surface area contributed by atoms with Gasteiger partial charge in [0.1, 0.15) is 0 Å². The van der Waals surface area contributed by atoms with Gasteiger partial charge in [0, 0.05) is 31.2 Å². The Labute approximate surface area is 134 Å². The van der Waals surface area contributed by atoms with Crippen molar-refractivity contribution in [1.82, 2.24) is 10.1 Å². The van der Waals surface area contributed by atoms with E-state index in [0.29, 0.717) is 12.5 Å². The van der Waals surface area contributed by atoms with Crippen molar-refractivity contribution in [3.05, 3.63) is 29.0 Å². The molecule has 1 atom stereocenters. The van der Waals surface area contributed by atoms with Crippen LogP contribution in [0.2, 0.25) is 5.02 Å². The minimum absolute atomic E-state index is 0.247. The topological polar surface area (TPSA) is 51.4 Å². The molecule has 0 amide bonds. The van der Waals surface area contributed by atoms with Crippen molar-refractivity contribution in [3.8, 4) is 11.5 Å². The lowest BCUT2D eigenvalue weighted by Gasteiger charge is -2.19. The average Bonchev–Trinajstić information content (AvgIpc) is 3.28. The summed E-state index contributed by atoms with van der Waals surface area (Å²) >= 11 is 6.44. The van der Waals surface area contributed by atoms with Gasteiger partial charge in [-0.1, -0.05) is 16.8 Å². The van der Waals surface area contributed by atoms with E-state index in [1.54, 1.807) is 0 Å². The maximum absolute atomic E-state index is 6.44. The zero-order valence-corrected chi connectivity index (χ0v) is 13.1. The number of halogens is 1. The van der Waals surface area contributed by atoms with Crippen molar-refractivity contribution in [1.29, 1.82) is 0 Å². The van der Waals surface area contributed by atoms with Crippen molar-refractivity contribution in [2.75, 3.05) is 31.2 Å². The summed E-state index contributed by atoms with van der Waals surface area (Å²) in [5, 5.41) is 4.82. The summed E-state index contributed by atoms with van der Waals surface area (Å²) in [6.45, 7) is 3.59. The Morgan fingerprint density at radius 3 is 2.82 bits per heavy atom. The lowest BCUT2D eigenvalue weighted by molar-refractivity contribution is 0.192. The number of hydrogen-bond acceptors (Lipinski definition) is 5. The lowest BCUT2D eigenvalue weighted by atomic mass is 10.1. The third-order valence-electron chi connectivity index (χ3n) is 4.38. The first-order chi connectivity index (χ1) is 10.8. The van der Waals surface area contributed by atoms with E-state index in [1.807, 2.05) is 18.2 Å². The third kappa shape index (κ3) is 2.59. The summed E-state index contributed by atoms with van der Waals surface area (Å²) < 4.78 is 10.8. The Kier molecular flexibility index (Phi) is 3.76. The lowest BCUT2D eigenvalue weighted by Crippen LogP contribution is -2.17. The number of rotatable bonds is 3. The van der Waals surface area contributed by atoms with Crippen LogP contribution in [0.3, 0.4) is 0 Å². The first-order valence-electron chi connectivity index (χ1n) is 7.77. The van der Waals surface area contributed by atoms with Crippen LogP contribution in [0.4, 0.5) is 5.69 Å². The van der Waals surface area contributed by atoms with E-state index in [-0.39, 0.29) is 5.92 Å². The van der Waals surface area contributed by atoms with E-state index in [0.717, 1.165) is 48.2 Å². The van der Waals surface area contributed by atoms with Crippen molar-refractivity contribution >= 4 is 17.3 Å². The molecule has 1 aromatic heterocycles. The first kappa shape index (κ1) is 14.0. The van der Waals surface area contributed by atoms with Crippen molar-refractivity contribution in [3.63, 3.8) is 0 Å². The third-order valence-corrected chi connectivity index (χ3v) is 4.68. The molecule has 2 aromatic rings. The van der Waals surface area contributed by atoms with Gasteiger partial charge in [-0.15, -0.1) is 0 Å². The Hall–Kier alpha value is -1.59. The van der Waals surface area contributed by atoms with Crippen molar-refractivity contribution in [2.45, 2.75) is 25.2 Å². The Bertz CT molecular complexity index is 661. The summed E-state index contributed by atoms with van der Waals surface area (Å²) in [6, 6.07) is 5.96. The highest BCUT2D eigenvalue weighted by Crippen LogP contribution is 2.33. The number of benzene rings is 1. The maximum atomic E-state index is 6.44. The number of nitrogens with zero attached hydrogens (tertiary/aromatic N) is 3. The zero-order valence-electron chi connectivity index (χ0n) is 12.3. The molecule has 4 rings (SSSR count). The van der Waals surface area contributed by atoms with Gasteiger partial charge in [-0.2, -0.15) is 4.98 Å². The normalized spacial score (nSPS) is 21.7. The minimum atomic E-state index is 0.247. The molecule has 2 saturated heterocycles. The van der Waals surface area contributed by atoms with Gasteiger partial charge in [-0.25, -0.2) is 0 Å². The fraction of sp³-hybridized carbons (Fsp3) is 0.500. The molecule has 2 aliphatic heterocycles. The van der Waals surface area contributed by atoms with Crippen LogP contribution in [0.15, 0.2) is 22.7 Å². The quantitative estimate of drug-likeness (QED) is 0.866. The van der Waals surface area contributed by atoms with Gasteiger partial charge in [0.2, 0.25) is 0 Å². The number of anilines is 1. The fourth-order valence-corrected chi connectivity index (χ4v) is 3.41. The highest BCUT2D eigenvalue weighted by Gasteiger charge is 2.24. The van der Waals surface area contributed by atoms with Crippen LogP contribution in [0.1, 0.15) is 31.0 Å². The second-order valence-electron chi connectivity index (χ2n) is 5.88. The summed E-state index contributed by atoms with van der Waals surface area (Å²) in [7, 11) is 0. The van der Waals surface area contributed by atoms with Gasteiger partial charge in [0.15, 0.2) is 5.82 Å². The van der Waals surface area contributed by atoms with E-state index in [4.69, 9.17) is 20.9 Å². The zero-order chi connectivity index (χ0) is 14.9. The molecule has 0 spiro atoms. The average molecular weight is 320 g/mol. The first-order valence-corrected chi connectivity index (χ1v) is 8.15. The smallest absolute Gasteiger partial charge is 0.257 e. The number of ether oxygens (including phenoxy) is 1. The standard InChI is InChI=1S/C16H18ClN3O2/c17-13-9-11(3-4-14(13)20-6-1-2-7-20)16-18-15(19-22-16)12-5-8-21-10-12/h3-4,9,12H,1-2,5-8,10H2/t12-/m0/s1. The molecule has 116 valence electrons. The van der Waals surface area contributed by atoms with E-state index < -0.39 is 0 Å². The summed E-state index contributed by atoms with van der Waals surface area (Å²) in [5.74, 6) is 1.50. The fourth-order valence-electron chi connectivity index (χ4n) is 3.11. The largest absolute Gasteiger partial charge is 0.381 e. The molecular weight excluding hydrogens is 302 g/mol. The highest BCUT2D eigenvalue weighted by molar-refractivity contribution is 6.33. The molecule has 2 aliphatic rings. The number of aromatic nitrogens is 2. The molecular formula is C16H18ClN3O2. The van der Waals surface area contributed by atoms with E-state index in [1.165, 1.54) is 12.8 Å². The van der Waals surface area contributed by atoms with E-state index in [9.17, 15) is 0 Å². The predicted octanol–water partition coefficient (Wildman–Crippen LogP) is 3.49. The van der Waals surface area contributed by atoms with Crippen LogP contribution in [0.25, 0.3) is 11.5 Å². The van der Waals surface area contributed by atoms with E-state index in [2.05, 4.69) is 15.0 Å². The summed E-state index contributed by atoms with van der Waals surface area (Å²) in [6.07, 6.45) is 3.41. The Morgan fingerprint density at radius 2 is 2.09 bits per heavy atom.